The van der Waals surface area contributed by atoms with Crippen molar-refractivity contribution in [1.82, 2.24) is 0 Å². The molecule has 1 aliphatic heterocycles. The summed E-state index contributed by atoms with van der Waals surface area (Å²) in [5, 5.41) is 4.38. The van der Waals surface area contributed by atoms with E-state index in [4.69, 9.17) is 16.3 Å². The van der Waals surface area contributed by atoms with Gasteiger partial charge in [0, 0.05) is 20.6 Å². The van der Waals surface area contributed by atoms with E-state index in [0.29, 0.717) is 26.4 Å². The molecule has 4 nitrogen and oxygen atoms in total. The number of hydrogen-bond acceptors (Lipinski definition) is 3. The van der Waals surface area contributed by atoms with Crippen LogP contribution in [0.25, 0.3) is 6.08 Å². The monoisotopic (exact) mass is 570 g/mol. The summed E-state index contributed by atoms with van der Waals surface area (Å²) in [5.74, 6) is -11.8. The molecule has 0 fully saturated rings. The number of carbonyl (C=O) groups excluding carboxylic acids is 1. The Labute approximate surface area is 209 Å². The molecule has 0 atom stereocenters. The number of amides is 1. The summed E-state index contributed by atoms with van der Waals surface area (Å²) in [7, 11) is 0. The molecular weight excluding hydrogens is 559 g/mol. The van der Waals surface area contributed by atoms with E-state index in [1.165, 1.54) is 13.0 Å². The molecule has 4 rings (SSSR count). The van der Waals surface area contributed by atoms with Crippen LogP contribution in [0, 0.1) is 29.1 Å². The van der Waals surface area contributed by atoms with E-state index < -0.39 is 40.7 Å². The average Bonchev–Trinajstić information content (AvgIpc) is 3.10. The minimum absolute atomic E-state index is 0.00373. The van der Waals surface area contributed by atoms with Gasteiger partial charge in [0.15, 0.2) is 23.3 Å². The summed E-state index contributed by atoms with van der Waals surface area (Å²) >= 11 is 9.48. The van der Waals surface area contributed by atoms with Crippen LogP contribution in [-0.4, -0.2) is 11.6 Å². The van der Waals surface area contributed by atoms with Gasteiger partial charge in [0.1, 0.15) is 18.0 Å². The van der Waals surface area contributed by atoms with Crippen LogP contribution >= 0.6 is 27.5 Å². The lowest BCUT2D eigenvalue weighted by Gasteiger charge is -2.15. The van der Waals surface area contributed by atoms with Crippen LogP contribution in [0.4, 0.5) is 27.6 Å². The minimum atomic E-state index is -2.33. The SMILES string of the molecule is CC1=NN(c2c(F)c(F)c(F)c(F)c2F)C(=O)/C1=C/c1cc(Br)ccc1OCc1ccccc1Cl. The zero-order valence-corrected chi connectivity index (χ0v) is 20.0. The number of hydrogen-bond donors (Lipinski definition) is 0. The second-order valence-corrected chi connectivity index (χ2v) is 8.66. The largest absolute Gasteiger partial charge is 0.488 e. The molecule has 0 N–H and O–H groups in total. The maximum absolute atomic E-state index is 14.3. The highest BCUT2D eigenvalue weighted by Gasteiger charge is 2.37. The smallest absolute Gasteiger partial charge is 0.280 e. The second kappa shape index (κ2) is 9.79. The molecule has 1 amide bonds. The van der Waals surface area contributed by atoms with E-state index in [0.717, 1.165) is 0 Å². The average molecular weight is 572 g/mol. The van der Waals surface area contributed by atoms with E-state index in [9.17, 15) is 26.7 Å². The first-order valence-electron chi connectivity index (χ1n) is 9.89. The third-order valence-electron chi connectivity index (χ3n) is 5.07. The Hall–Kier alpha value is -3.24. The highest BCUT2D eigenvalue weighted by atomic mass is 79.9. The highest BCUT2D eigenvalue weighted by Crippen LogP contribution is 2.35. The molecule has 1 aliphatic rings. The zero-order valence-electron chi connectivity index (χ0n) is 17.7. The number of hydrazone groups is 1. The van der Waals surface area contributed by atoms with Crippen molar-refractivity contribution in [2.45, 2.75) is 13.5 Å². The summed E-state index contributed by atoms with van der Waals surface area (Å²) in [6, 6.07) is 12.0. The Morgan fingerprint density at radius 2 is 1.63 bits per heavy atom. The molecular formula is C24H13BrClF5N2O2. The molecule has 0 aromatic heterocycles. The number of halogens is 7. The van der Waals surface area contributed by atoms with Gasteiger partial charge < -0.3 is 4.74 Å². The van der Waals surface area contributed by atoms with E-state index in [2.05, 4.69) is 21.0 Å². The molecule has 11 heteroatoms. The van der Waals surface area contributed by atoms with Gasteiger partial charge in [-0.15, -0.1) is 0 Å². The number of anilines is 1. The van der Waals surface area contributed by atoms with Crippen molar-refractivity contribution in [1.29, 1.82) is 0 Å². The maximum atomic E-state index is 14.3. The summed E-state index contributed by atoms with van der Waals surface area (Å²) in [5.41, 5.74) is -0.490. The Morgan fingerprint density at radius 3 is 2.29 bits per heavy atom. The van der Waals surface area contributed by atoms with Gasteiger partial charge in [-0.05, 0) is 37.3 Å². The van der Waals surface area contributed by atoms with E-state index in [1.807, 2.05) is 0 Å². The zero-order chi connectivity index (χ0) is 25.4. The molecule has 3 aromatic carbocycles. The van der Waals surface area contributed by atoms with Gasteiger partial charge in [-0.25, -0.2) is 22.0 Å². The fraction of sp³-hybridized carbons (Fsp3) is 0.0833. The quantitative estimate of drug-likeness (QED) is 0.141. The molecule has 35 heavy (non-hydrogen) atoms. The fourth-order valence-corrected chi connectivity index (χ4v) is 3.87. The molecule has 0 saturated heterocycles. The van der Waals surface area contributed by atoms with Gasteiger partial charge in [-0.3, -0.25) is 4.79 Å². The standard InChI is InChI=1S/C24H13BrClF5N2O2/c1-11-15(24(34)33(32-11)23-21(30)19(28)18(27)20(29)22(23)31)9-13-8-14(25)6-7-17(13)35-10-12-4-2-3-5-16(12)26/h2-9H,10H2,1H3/b15-9+. The Balaban J connectivity index is 1.71. The van der Waals surface area contributed by atoms with Gasteiger partial charge in [0.05, 0.1) is 11.3 Å². The predicted molar refractivity (Wildman–Crippen MR) is 125 cm³/mol. The van der Waals surface area contributed by atoms with Crippen molar-refractivity contribution in [3.63, 3.8) is 0 Å². The Bertz CT molecular complexity index is 1400. The van der Waals surface area contributed by atoms with Crippen LogP contribution in [0.3, 0.4) is 0 Å². The predicted octanol–water partition coefficient (Wildman–Crippen LogP) is 7.18. The first kappa shape index (κ1) is 24.9. The van der Waals surface area contributed by atoms with Crippen molar-refractivity contribution >= 4 is 50.9 Å². The molecule has 3 aromatic rings. The van der Waals surface area contributed by atoms with Gasteiger partial charge in [-0.1, -0.05) is 45.7 Å². The highest BCUT2D eigenvalue weighted by molar-refractivity contribution is 9.10. The van der Waals surface area contributed by atoms with Crippen molar-refractivity contribution in [3.05, 3.63) is 97.7 Å². The lowest BCUT2D eigenvalue weighted by atomic mass is 10.1. The van der Waals surface area contributed by atoms with Crippen molar-refractivity contribution < 1.29 is 31.5 Å². The van der Waals surface area contributed by atoms with E-state index >= 15 is 0 Å². The topological polar surface area (TPSA) is 41.9 Å². The van der Waals surface area contributed by atoms with Crippen LogP contribution in [0.2, 0.25) is 5.02 Å². The van der Waals surface area contributed by atoms with Gasteiger partial charge in [-0.2, -0.15) is 10.1 Å². The summed E-state index contributed by atoms with van der Waals surface area (Å²) in [4.78, 5) is 13.0. The van der Waals surface area contributed by atoms with Crippen LogP contribution in [0.1, 0.15) is 18.1 Å². The summed E-state index contributed by atoms with van der Waals surface area (Å²) in [6.07, 6.45) is 1.35. The molecule has 180 valence electrons. The number of rotatable bonds is 5. The molecule has 0 bridgehead atoms. The van der Waals surface area contributed by atoms with E-state index in [-0.39, 0.29) is 22.9 Å². The van der Waals surface area contributed by atoms with Crippen LogP contribution in [0.5, 0.6) is 5.75 Å². The number of nitrogens with zero attached hydrogens (tertiary/aromatic N) is 2. The van der Waals surface area contributed by atoms with Crippen LogP contribution in [-0.2, 0) is 11.4 Å². The fourth-order valence-electron chi connectivity index (χ4n) is 3.31. The second-order valence-electron chi connectivity index (χ2n) is 7.34. The molecule has 0 spiro atoms. The lowest BCUT2D eigenvalue weighted by molar-refractivity contribution is -0.114. The normalized spacial score (nSPS) is 14.6. The maximum Gasteiger partial charge on any atom is 0.280 e. The number of carbonyl (C=O) groups is 1. The van der Waals surface area contributed by atoms with Crippen molar-refractivity contribution in [3.8, 4) is 5.75 Å². The van der Waals surface area contributed by atoms with Crippen molar-refractivity contribution in [2.75, 3.05) is 5.01 Å². The molecule has 0 unspecified atom stereocenters. The van der Waals surface area contributed by atoms with Crippen LogP contribution < -0.4 is 9.75 Å². The molecule has 0 saturated carbocycles. The molecule has 0 radical (unpaired) electrons. The third kappa shape index (κ3) is 4.68. The minimum Gasteiger partial charge on any atom is -0.488 e. The van der Waals surface area contributed by atoms with Crippen LogP contribution in [0.15, 0.2) is 57.6 Å². The van der Waals surface area contributed by atoms with Gasteiger partial charge in [0.25, 0.3) is 5.91 Å². The van der Waals surface area contributed by atoms with Crippen molar-refractivity contribution in [2.24, 2.45) is 5.10 Å². The third-order valence-corrected chi connectivity index (χ3v) is 5.94. The molecule has 1 heterocycles. The number of benzene rings is 3. The first-order valence-corrected chi connectivity index (χ1v) is 11.1. The summed E-state index contributed by atoms with van der Waals surface area (Å²) < 4.78 is 75.8. The molecule has 0 aliphatic carbocycles. The first-order chi connectivity index (χ1) is 16.6. The van der Waals surface area contributed by atoms with E-state index in [1.54, 1.807) is 42.5 Å². The van der Waals surface area contributed by atoms with Gasteiger partial charge in [0.2, 0.25) is 5.82 Å². The lowest BCUT2D eigenvalue weighted by Crippen LogP contribution is -2.25. The summed E-state index contributed by atoms with van der Waals surface area (Å²) in [6.45, 7) is 1.47. The Morgan fingerprint density at radius 1 is 1.00 bits per heavy atom. The Kier molecular flexibility index (Phi) is 6.95. The van der Waals surface area contributed by atoms with Gasteiger partial charge >= 0.3 is 0 Å². The number of ether oxygens (including phenoxy) is 1.